The highest BCUT2D eigenvalue weighted by Crippen LogP contribution is 2.34. The Hall–Kier alpha value is -2.11. The molecule has 2 amide bonds. The van der Waals surface area contributed by atoms with Gasteiger partial charge in [0.15, 0.2) is 0 Å². The Morgan fingerprint density at radius 2 is 2.00 bits per heavy atom. The van der Waals surface area contributed by atoms with Crippen LogP contribution in [0.5, 0.6) is 5.75 Å². The van der Waals surface area contributed by atoms with Crippen LogP contribution in [0.3, 0.4) is 0 Å². The van der Waals surface area contributed by atoms with E-state index in [-0.39, 0.29) is 23.6 Å². The van der Waals surface area contributed by atoms with Crippen molar-refractivity contribution in [3.05, 3.63) is 23.5 Å². The number of imide groups is 1. The molecule has 0 saturated carbocycles. The number of ether oxygens (including phenoxy) is 1. The van der Waals surface area contributed by atoms with Crippen molar-refractivity contribution in [2.24, 2.45) is 0 Å². The fraction of sp³-hybridized carbons (Fsp3) is 0.500. The molecular formula is C16H21FN2O3. The first kappa shape index (κ1) is 16.3. The van der Waals surface area contributed by atoms with Crippen LogP contribution in [-0.4, -0.2) is 25.0 Å². The van der Waals surface area contributed by atoms with Crippen LogP contribution in [0.1, 0.15) is 39.2 Å². The Balaban J connectivity index is 2.30. The average molecular weight is 308 g/mol. The van der Waals surface area contributed by atoms with Crippen LogP contribution in [0.25, 0.3) is 0 Å². The Labute approximate surface area is 129 Å². The summed E-state index contributed by atoms with van der Waals surface area (Å²) in [7, 11) is 1.50. The molecule has 22 heavy (non-hydrogen) atoms. The van der Waals surface area contributed by atoms with Gasteiger partial charge in [-0.15, -0.1) is 0 Å². The normalized spacial score (nSPS) is 18.9. The summed E-state index contributed by atoms with van der Waals surface area (Å²) in [5.41, 5.74) is 0.588. The number of carbonyl (C=O) groups excluding carboxylic acids is 2. The lowest BCUT2D eigenvalue weighted by Crippen LogP contribution is -2.47. The summed E-state index contributed by atoms with van der Waals surface area (Å²) >= 11 is 0. The molecule has 0 aliphatic carbocycles. The molecule has 1 heterocycles. The molecule has 5 nitrogen and oxygen atoms in total. The van der Waals surface area contributed by atoms with Gasteiger partial charge in [-0.05, 0) is 23.5 Å². The van der Waals surface area contributed by atoms with E-state index in [0.29, 0.717) is 23.4 Å². The van der Waals surface area contributed by atoms with Gasteiger partial charge in [-0.25, -0.2) is 4.39 Å². The lowest BCUT2D eigenvalue weighted by molar-refractivity contribution is -0.133. The predicted molar refractivity (Wildman–Crippen MR) is 81.4 cm³/mol. The number of halogens is 1. The molecule has 0 spiro atoms. The lowest BCUT2D eigenvalue weighted by atomic mass is 9.86. The molecule has 1 aliphatic rings. The second-order valence-electron chi connectivity index (χ2n) is 6.43. The van der Waals surface area contributed by atoms with Gasteiger partial charge in [-0.2, -0.15) is 0 Å². The molecule has 1 aliphatic heterocycles. The summed E-state index contributed by atoms with van der Waals surface area (Å²) in [6.45, 7) is 5.74. The van der Waals surface area contributed by atoms with Gasteiger partial charge < -0.3 is 10.1 Å². The molecule has 1 atom stereocenters. The van der Waals surface area contributed by atoms with Gasteiger partial charge in [0.2, 0.25) is 11.8 Å². The highest BCUT2D eigenvalue weighted by atomic mass is 19.1. The molecule has 6 heteroatoms. The maximum Gasteiger partial charge on any atom is 0.249 e. The van der Waals surface area contributed by atoms with Crippen LogP contribution in [0.4, 0.5) is 10.1 Å². The molecule has 1 unspecified atom stereocenters. The molecule has 0 aromatic heterocycles. The largest absolute Gasteiger partial charge is 0.495 e. The summed E-state index contributed by atoms with van der Waals surface area (Å²) in [5.74, 6) is -0.581. The second-order valence-corrected chi connectivity index (χ2v) is 6.43. The third-order valence-electron chi connectivity index (χ3n) is 3.67. The number of hydrogen-bond donors (Lipinski definition) is 2. The SMILES string of the molecule is COc1cc(C(C)(C)C)c(F)cc1NC1CCC(=O)NC1=O. The van der Waals surface area contributed by atoms with Gasteiger partial charge in [0, 0.05) is 12.5 Å². The second kappa shape index (κ2) is 5.94. The van der Waals surface area contributed by atoms with E-state index in [1.54, 1.807) is 6.07 Å². The van der Waals surface area contributed by atoms with E-state index in [4.69, 9.17) is 4.74 Å². The Bertz CT molecular complexity index is 608. The molecule has 120 valence electrons. The van der Waals surface area contributed by atoms with E-state index < -0.39 is 11.9 Å². The van der Waals surface area contributed by atoms with Crippen LogP contribution in [-0.2, 0) is 15.0 Å². The molecule has 1 saturated heterocycles. The fourth-order valence-electron chi connectivity index (χ4n) is 2.43. The van der Waals surface area contributed by atoms with Gasteiger partial charge in [0.05, 0.1) is 12.8 Å². The number of anilines is 1. The van der Waals surface area contributed by atoms with E-state index in [1.165, 1.54) is 13.2 Å². The molecular weight excluding hydrogens is 287 g/mol. The number of piperidine rings is 1. The number of benzene rings is 1. The monoisotopic (exact) mass is 308 g/mol. The van der Waals surface area contributed by atoms with Gasteiger partial charge in [-0.3, -0.25) is 14.9 Å². The van der Waals surface area contributed by atoms with Crippen molar-refractivity contribution in [2.75, 3.05) is 12.4 Å². The zero-order valence-corrected chi connectivity index (χ0v) is 13.2. The average Bonchev–Trinajstić information content (AvgIpc) is 2.40. The van der Waals surface area contributed by atoms with Gasteiger partial charge in [0.1, 0.15) is 17.6 Å². The lowest BCUT2D eigenvalue weighted by Gasteiger charge is -2.26. The Morgan fingerprint density at radius 3 is 2.55 bits per heavy atom. The summed E-state index contributed by atoms with van der Waals surface area (Å²) in [4.78, 5) is 23.0. The minimum absolute atomic E-state index is 0.258. The van der Waals surface area contributed by atoms with Crippen LogP contribution in [0.15, 0.2) is 12.1 Å². The Kier molecular flexibility index (Phi) is 4.39. The standard InChI is InChI=1S/C16H21FN2O3/c1-16(2,3)9-7-13(22-4)12(8-10(9)17)18-11-5-6-14(20)19-15(11)21/h7-8,11,18H,5-6H2,1-4H3,(H,19,20,21). The zero-order valence-electron chi connectivity index (χ0n) is 13.2. The summed E-state index contributed by atoms with van der Waals surface area (Å²) in [6, 6.07) is 2.40. The topological polar surface area (TPSA) is 67.4 Å². The quantitative estimate of drug-likeness (QED) is 0.841. The molecule has 0 radical (unpaired) electrons. The number of methoxy groups -OCH3 is 1. The highest BCUT2D eigenvalue weighted by molar-refractivity contribution is 6.01. The molecule has 0 bridgehead atoms. The predicted octanol–water partition coefficient (Wildman–Crippen LogP) is 2.35. The minimum atomic E-state index is -0.577. The zero-order chi connectivity index (χ0) is 16.5. The fourth-order valence-corrected chi connectivity index (χ4v) is 2.43. The first-order valence-corrected chi connectivity index (χ1v) is 7.20. The maximum atomic E-state index is 14.3. The first-order chi connectivity index (χ1) is 10.2. The van der Waals surface area contributed by atoms with E-state index in [0.717, 1.165) is 0 Å². The maximum absolute atomic E-state index is 14.3. The van der Waals surface area contributed by atoms with Crippen LogP contribution < -0.4 is 15.4 Å². The number of rotatable bonds is 3. The van der Waals surface area contributed by atoms with Crippen molar-refractivity contribution in [3.8, 4) is 5.75 Å². The number of nitrogens with one attached hydrogen (secondary N) is 2. The Morgan fingerprint density at radius 1 is 1.32 bits per heavy atom. The molecule has 2 rings (SSSR count). The van der Waals surface area contributed by atoms with E-state index >= 15 is 0 Å². The molecule has 2 N–H and O–H groups in total. The third kappa shape index (κ3) is 3.37. The summed E-state index contributed by atoms with van der Waals surface area (Å²) < 4.78 is 19.6. The van der Waals surface area contributed by atoms with Crippen molar-refractivity contribution in [1.82, 2.24) is 5.32 Å². The van der Waals surface area contributed by atoms with E-state index in [9.17, 15) is 14.0 Å². The summed E-state index contributed by atoms with van der Waals surface area (Å²) in [6.07, 6.45) is 0.630. The van der Waals surface area contributed by atoms with Gasteiger partial charge in [-0.1, -0.05) is 20.8 Å². The van der Waals surface area contributed by atoms with Crippen LogP contribution >= 0.6 is 0 Å². The van der Waals surface area contributed by atoms with Crippen molar-refractivity contribution < 1.29 is 18.7 Å². The molecule has 1 aromatic carbocycles. The number of carbonyl (C=O) groups is 2. The van der Waals surface area contributed by atoms with Crippen molar-refractivity contribution in [3.63, 3.8) is 0 Å². The third-order valence-corrected chi connectivity index (χ3v) is 3.67. The number of amides is 2. The minimum Gasteiger partial charge on any atom is -0.495 e. The van der Waals surface area contributed by atoms with Crippen molar-refractivity contribution >= 4 is 17.5 Å². The van der Waals surface area contributed by atoms with E-state index in [2.05, 4.69) is 10.6 Å². The summed E-state index contributed by atoms with van der Waals surface area (Å²) in [5, 5.41) is 5.22. The molecule has 1 fully saturated rings. The van der Waals surface area contributed by atoms with Crippen molar-refractivity contribution in [2.45, 2.75) is 45.1 Å². The molecule has 1 aromatic rings. The number of hydrogen-bond acceptors (Lipinski definition) is 4. The highest BCUT2D eigenvalue weighted by Gasteiger charge is 2.28. The van der Waals surface area contributed by atoms with Gasteiger partial charge in [0.25, 0.3) is 0 Å². The van der Waals surface area contributed by atoms with Crippen LogP contribution in [0, 0.1) is 5.82 Å². The van der Waals surface area contributed by atoms with Crippen LogP contribution in [0.2, 0.25) is 0 Å². The van der Waals surface area contributed by atoms with Crippen molar-refractivity contribution in [1.29, 1.82) is 0 Å². The smallest absolute Gasteiger partial charge is 0.249 e. The first-order valence-electron chi connectivity index (χ1n) is 7.20. The van der Waals surface area contributed by atoms with E-state index in [1.807, 2.05) is 20.8 Å². The van der Waals surface area contributed by atoms with Gasteiger partial charge >= 0.3 is 0 Å².